The number of hydrogen-bond acceptors (Lipinski definition) is 3. The number of para-hydroxylation sites is 1. The Hall–Kier alpha value is -3.15. The molecule has 0 unspecified atom stereocenters. The molecule has 0 spiro atoms. The number of alkyl halides is 3. The van der Waals surface area contributed by atoms with Crippen LogP contribution in [-0.2, 0) is 19.0 Å². The first kappa shape index (κ1) is 17.3. The number of hydrogen-bond donors (Lipinski definition) is 1. The van der Waals surface area contributed by atoms with Crippen molar-refractivity contribution >= 4 is 27.6 Å². The summed E-state index contributed by atoms with van der Waals surface area (Å²) in [4.78, 5) is 8.83. The fourth-order valence-electron chi connectivity index (χ4n) is 3.18. The van der Waals surface area contributed by atoms with Gasteiger partial charge in [0.2, 0.25) is 0 Å². The van der Waals surface area contributed by atoms with E-state index in [0.29, 0.717) is 24.2 Å². The minimum atomic E-state index is -4.31. The van der Waals surface area contributed by atoms with Crippen LogP contribution in [0, 0.1) is 0 Å². The summed E-state index contributed by atoms with van der Waals surface area (Å²) in [7, 11) is 0. The molecule has 0 aliphatic heterocycles. The Labute approximate surface area is 153 Å². The average Bonchev–Trinajstić information content (AvgIpc) is 2.66. The van der Waals surface area contributed by atoms with Crippen LogP contribution in [0.4, 0.5) is 19.0 Å². The second-order valence-corrected chi connectivity index (χ2v) is 6.45. The first-order valence-electron chi connectivity index (χ1n) is 8.51. The molecule has 6 heteroatoms. The Morgan fingerprint density at radius 2 is 1.56 bits per heavy atom. The maximum Gasteiger partial charge on any atom is 0.416 e. The number of aryl methyl sites for hydroxylation is 2. The molecule has 0 saturated carbocycles. The number of benzene rings is 2. The van der Waals surface area contributed by atoms with Gasteiger partial charge in [0, 0.05) is 17.0 Å². The SMILES string of the molecule is Nc1nc2ccccc2c2cc(CCc3ccc(C(F)(F)F)cc3)cnc12. The fraction of sp³-hybridized carbons (Fsp3) is 0.143. The number of pyridine rings is 2. The molecule has 136 valence electrons. The van der Waals surface area contributed by atoms with Crippen LogP contribution >= 0.6 is 0 Å². The molecule has 4 rings (SSSR count). The molecule has 0 aliphatic rings. The van der Waals surface area contributed by atoms with Crippen LogP contribution < -0.4 is 5.73 Å². The van der Waals surface area contributed by atoms with Crippen molar-refractivity contribution in [2.24, 2.45) is 0 Å². The van der Waals surface area contributed by atoms with Crippen molar-refractivity contribution in [3.63, 3.8) is 0 Å². The number of nitrogens with zero attached hydrogens (tertiary/aromatic N) is 2. The van der Waals surface area contributed by atoms with Crippen molar-refractivity contribution in [3.8, 4) is 0 Å². The van der Waals surface area contributed by atoms with Gasteiger partial charge in [0.25, 0.3) is 0 Å². The molecule has 2 aromatic heterocycles. The Morgan fingerprint density at radius 3 is 2.30 bits per heavy atom. The number of nitrogen functional groups attached to an aromatic ring is 1. The van der Waals surface area contributed by atoms with Crippen LogP contribution in [-0.4, -0.2) is 9.97 Å². The molecule has 0 aliphatic carbocycles. The molecule has 0 radical (unpaired) electrons. The second kappa shape index (κ2) is 6.54. The normalized spacial score (nSPS) is 12.0. The van der Waals surface area contributed by atoms with E-state index in [-0.39, 0.29) is 0 Å². The van der Waals surface area contributed by atoms with Gasteiger partial charge in [0.1, 0.15) is 5.52 Å². The summed E-state index contributed by atoms with van der Waals surface area (Å²) in [5.74, 6) is 0.387. The molecule has 3 nitrogen and oxygen atoms in total. The van der Waals surface area contributed by atoms with E-state index >= 15 is 0 Å². The topological polar surface area (TPSA) is 51.8 Å². The van der Waals surface area contributed by atoms with Gasteiger partial charge in [-0.25, -0.2) is 4.98 Å². The van der Waals surface area contributed by atoms with Crippen molar-refractivity contribution < 1.29 is 13.2 Å². The number of aromatic nitrogens is 2. The van der Waals surface area contributed by atoms with Crippen LogP contribution in [0.15, 0.2) is 60.8 Å². The van der Waals surface area contributed by atoms with Gasteiger partial charge < -0.3 is 5.73 Å². The largest absolute Gasteiger partial charge is 0.416 e. The summed E-state index contributed by atoms with van der Waals surface area (Å²) < 4.78 is 38.0. The van der Waals surface area contributed by atoms with E-state index in [1.807, 2.05) is 30.3 Å². The van der Waals surface area contributed by atoms with Gasteiger partial charge in [0.15, 0.2) is 5.82 Å². The van der Waals surface area contributed by atoms with Gasteiger partial charge in [-0.15, -0.1) is 0 Å². The van der Waals surface area contributed by atoms with E-state index < -0.39 is 11.7 Å². The van der Waals surface area contributed by atoms with Gasteiger partial charge in [-0.3, -0.25) is 4.98 Å². The van der Waals surface area contributed by atoms with Crippen LogP contribution in [0.25, 0.3) is 21.8 Å². The van der Waals surface area contributed by atoms with Crippen molar-refractivity contribution in [2.45, 2.75) is 19.0 Å². The highest BCUT2D eigenvalue weighted by molar-refractivity contribution is 6.08. The highest BCUT2D eigenvalue weighted by Gasteiger charge is 2.29. The standard InChI is InChI=1S/C21H16F3N3/c22-21(23,24)15-9-7-13(8-10-15)5-6-14-11-17-16-3-1-2-4-18(16)27-20(25)19(17)26-12-14/h1-4,7-12H,5-6H2,(H2,25,27). The van der Waals surface area contributed by atoms with Crippen LogP contribution in [0.3, 0.4) is 0 Å². The van der Waals surface area contributed by atoms with Crippen molar-refractivity contribution in [1.29, 1.82) is 0 Å². The van der Waals surface area contributed by atoms with Crippen LogP contribution in [0.1, 0.15) is 16.7 Å². The minimum absolute atomic E-state index is 0.387. The van der Waals surface area contributed by atoms with Gasteiger partial charge >= 0.3 is 6.18 Å². The summed E-state index contributed by atoms with van der Waals surface area (Å²) >= 11 is 0. The van der Waals surface area contributed by atoms with Gasteiger partial charge in [0.05, 0.1) is 11.1 Å². The number of anilines is 1. The van der Waals surface area contributed by atoms with Crippen LogP contribution in [0.2, 0.25) is 0 Å². The Bertz CT molecular complexity index is 1120. The van der Waals surface area contributed by atoms with E-state index in [9.17, 15) is 13.2 Å². The lowest BCUT2D eigenvalue weighted by Gasteiger charge is -2.09. The lowest BCUT2D eigenvalue weighted by Crippen LogP contribution is -2.04. The average molecular weight is 367 g/mol. The van der Waals surface area contributed by atoms with E-state index in [1.54, 1.807) is 6.20 Å². The van der Waals surface area contributed by atoms with Crippen LogP contribution in [0.5, 0.6) is 0 Å². The second-order valence-electron chi connectivity index (χ2n) is 6.45. The molecule has 0 saturated heterocycles. The maximum atomic E-state index is 12.7. The first-order chi connectivity index (χ1) is 12.9. The lowest BCUT2D eigenvalue weighted by atomic mass is 10.0. The third-order valence-corrected chi connectivity index (χ3v) is 4.61. The molecule has 0 bridgehead atoms. The zero-order chi connectivity index (χ0) is 19.0. The van der Waals surface area contributed by atoms with Gasteiger partial charge in [-0.05, 0) is 48.2 Å². The smallest absolute Gasteiger partial charge is 0.382 e. The molecule has 27 heavy (non-hydrogen) atoms. The number of halogens is 3. The monoisotopic (exact) mass is 367 g/mol. The lowest BCUT2D eigenvalue weighted by molar-refractivity contribution is -0.137. The van der Waals surface area contributed by atoms with Gasteiger partial charge in [-0.2, -0.15) is 13.2 Å². The third kappa shape index (κ3) is 3.43. The molecule has 0 amide bonds. The number of nitrogens with two attached hydrogens (primary N) is 1. The Balaban J connectivity index is 1.62. The zero-order valence-corrected chi connectivity index (χ0v) is 14.3. The molecule has 0 atom stereocenters. The summed E-state index contributed by atoms with van der Waals surface area (Å²) in [6.45, 7) is 0. The maximum absolute atomic E-state index is 12.7. The van der Waals surface area contributed by atoms with Crippen molar-refractivity contribution in [2.75, 3.05) is 5.73 Å². The highest BCUT2D eigenvalue weighted by atomic mass is 19.4. The minimum Gasteiger partial charge on any atom is -0.382 e. The van der Waals surface area contributed by atoms with E-state index in [2.05, 4.69) is 9.97 Å². The summed E-state index contributed by atoms with van der Waals surface area (Å²) in [5.41, 5.74) is 8.71. The number of rotatable bonds is 3. The summed E-state index contributed by atoms with van der Waals surface area (Å²) in [6.07, 6.45) is -1.26. The zero-order valence-electron chi connectivity index (χ0n) is 14.3. The molecule has 2 heterocycles. The Morgan fingerprint density at radius 1 is 0.852 bits per heavy atom. The molecular formula is C21H16F3N3. The predicted octanol–water partition coefficient (Wildman–Crippen LogP) is 5.17. The molecular weight excluding hydrogens is 351 g/mol. The quantitative estimate of drug-likeness (QED) is 0.508. The molecule has 2 aromatic carbocycles. The highest BCUT2D eigenvalue weighted by Crippen LogP contribution is 2.30. The first-order valence-corrected chi connectivity index (χ1v) is 8.51. The fourth-order valence-corrected chi connectivity index (χ4v) is 3.18. The van der Waals surface area contributed by atoms with E-state index in [0.717, 1.165) is 39.5 Å². The van der Waals surface area contributed by atoms with E-state index in [1.165, 1.54) is 12.1 Å². The Kier molecular flexibility index (Phi) is 4.18. The summed E-state index contributed by atoms with van der Waals surface area (Å²) in [5, 5.41) is 1.91. The van der Waals surface area contributed by atoms with Gasteiger partial charge in [-0.1, -0.05) is 30.3 Å². The molecule has 0 fully saturated rings. The summed E-state index contributed by atoms with van der Waals surface area (Å²) in [6, 6.07) is 15.0. The van der Waals surface area contributed by atoms with Crippen molar-refractivity contribution in [1.82, 2.24) is 9.97 Å². The predicted molar refractivity (Wildman–Crippen MR) is 100 cm³/mol. The van der Waals surface area contributed by atoms with Crippen molar-refractivity contribution in [3.05, 3.63) is 77.5 Å². The molecule has 4 aromatic rings. The van der Waals surface area contributed by atoms with E-state index in [4.69, 9.17) is 5.73 Å². The molecule has 2 N–H and O–H groups in total. The number of fused-ring (bicyclic) bond motifs is 3. The third-order valence-electron chi connectivity index (χ3n) is 4.61.